The number of anilines is 1. The summed E-state index contributed by atoms with van der Waals surface area (Å²) in [4.78, 5) is 36.6. The van der Waals surface area contributed by atoms with Gasteiger partial charge in [0.25, 0.3) is 5.91 Å². The van der Waals surface area contributed by atoms with Crippen molar-refractivity contribution in [2.75, 3.05) is 19.4 Å². The van der Waals surface area contributed by atoms with E-state index in [0.717, 1.165) is 9.87 Å². The summed E-state index contributed by atoms with van der Waals surface area (Å²) in [5.74, 6) is -1.10. The van der Waals surface area contributed by atoms with Crippen LogP contribution in [-0.4, -0.2) is 44.5 Å². The molecule has 0 aromatic heterocycles. The van der Waals surface area contributed by atoms with Crippen molar-refractivity contribution in [3.63, 3.8) is 0 Å². The van der Waals surface area contributed by atoms with E-state index in [2.05, 4.69) is 10.6 Å². The van der Waals surface area contributed by atoms with Crippen molar-refractivity contribution in [1.82, 2.24) is 9.62 Å². The first-order valence-corrected chi connectivity index (χ1v) is 11.8. The Morgan fingerprint density at radius 1 is 1.16 bits per heavy atom. The van der Waals surface area contributed by atoms with Gasteiger partial charge in [0.15, 0.2) is 0 Å². The lowest BCUT2D eigenvalue weighted by molar-refractivity contribution is -0.138. The molecule has 10 heteroatoms. The van der Waals surface area contributed by atoms with Gasteiger partial charge >= 0.3 is 0 Å². The summed E-state index contributed by atoms with van der Waals surface area (Å²) in [7, 11) is -1.05. The average Bonchev–Trinajstić information content (AvgIpc) is 2.75. The van der Waals surface area contributed by atoms with E-state index in [1.807, 2.05) is 6.92 Å². The molecule has 1 aliphatic heterocycles. The first kappa shape index (κ1) is 23.9. The molecule has 0 spiro atoms. The number of amides is 3. The van der Waals surface area contributed by atoms with Crippen molar-refractivity contribution < 1.29 is 22.8 Å². The van der Waals surface area contributed by atoms with Crippen LogP contribution in [0.25, 0.3) is 0 Å². The van der Waals surface area contributed by atoms with Gasteiger partial charge in [-0.15, -0.1) is 0 Å². The average molecular weight is 478 g/mol. The number of halogens is 1. The smallest absolute Gasteiger partial charge is 0.255 e. The number of hydrogen-bond acceptors (Lipinski definition) is 5. The van der Waals surface area contributed by atoms with Crippen molar-refractivity contribution in [2.45, 2.75) is 36.5 Å². The van der Waals surface area contributed by atoms with E-state index < -0.39 is 21.3 Å². The minimum atomic E-state index is -3.81. The third-order valence-electron chi connectivity index (χ3n) is 5.72. The molecular formula is C22H24ClN3O5S. The molecule has 8 nitrogen and oxygen atoms in total. The van der Waals surface area contributed by atoms with Crippen molar-refractivity contribution in [2.24, 2.45) is 0 Å². The highest BCUT2D eigenvalue weighted by molar-refractivity contribution is 7.89. The Kier molecular flexibility index (Phi) is 6.73. The first-order chi connectivity index (χ1) is 15.0. The minimum Gasteiger partial charge on any atom is -0.322 e. The van der Waals surface area contributed by atoms with E-state index in [1.54, 1.807) is 24.3 Å². The quantitative estimate of drug-likeness (QED) is 0.621. The zero-order valence-corrected chi connectivity index (χ0v) is 19.5. The highest BCUT2D eigenvalue weighted by Crippen LogP contribution is 2.36. The molecule has 32 heavy (non-hydrogen) atoms. The van der Waals surface area contributed by atoms with Crippen LogP contribution in [0, 0.1) is 0 Å². The molecule has 0 radical (unpaired) electrons. The molecule has 0 bridgehead atoms. The van der Waals surface area contributed by atoms with Crippen LogP contribution in [0.3, 0.4) is 0 Å². The van der Waals surface area contributed by atoms with Gasteiger partial charge in [0, 0.05) is 31.8 Å². The van der Waals surface area contributed by atoms with Crippen molar-refractivity contribution in [1.29, 1.82) is 0 Å². The Morgan fingerprint density at radius 2 is 1.81 bits per heavy atom. The number of sulfonamides is 1. The molecular weight excluding hydrogens is 454 g/mol. The van der Waals surface area contributed by atoms with Gasteiger partial charge in [-0.05, 0) is 48.7 Å². The third-order valence-corrected chi connectivity index (χ3v) is 8.01. The number of piperidine rings is 1. The predicted octanol–water partition coefficient (Wildman–Crippen LogP) is 2.93. The number of imide groups is 1. The van der Waals surface area contributed by atoms with E-state index in [9.17, 15) is 22.8 Å². The van der Waals surface area contributed by atoms with Gasteiger partial charge in [0.2, 0.25) is 21.8 Å². The van der Waals surface area contributed by atoms with Crippen molar-refractivity contribution in [3.05, 3.63) is 58.6 Å². The lowest BCUT2D eigenvalue weighted by atomic mass is 9.72. The maximum Gasteiger partial charge on any atom is 0.255 e. The summed E-state index contributed by atoms with van der Waals surface area (Å²) in [6.07, 6.45) is 1.23. The Labute approximate surface area is 192 Å². The van der Waals surface area contributed by atoms with Crippen LogP contribution in [0.4, 0.5) is 5.69 Å². The van der Waals surface area contributed by atoms with Crippen LogP contribution in [0.2, 0.25) is 5.02 Å². The molecule has 1 heterocycles. The molecule has 2 N–H and O–H groups in total. The molecule has 1 aliphatic rings. The van der Waals surface area contributed by atoms with Crippen LogP contribution in [-0.2, 0) is 25.0 Å². The fraction of sp³-hybridized carbons (Fsp3) is 0.318. The van der Waals surface area contributed by atoms with Crippen LogP contribution in [0.15, 0.2) is 47.4 Å². The molecule has 1 saturated heterocycles. The molecule has 3 rings (SSSR count). The summed E-state index contributed by atoms with van der Waals surface area (Å²) in [5, 5.41) is 5.15. The highest BCUT2D eigenvalue weighted by Gasteiger charge is 2.42. The number of benzene rings is 2. The molecule has 1 fully saturated rings. The standard InChI is InChI=1S/C22H24ClN3O5S/c1-4-22(12-11-19(27)25-21(22)29)15-6-8-16(9-7-15)24-20(28)14-5-10-17(23)18(13-14)32(30,31)26(2)3/h5-10,13H,4,11-12H2,1-3H3,(H,24,28)(H,25,27,29). The SMILES string of the molecule is CCC1(c2ccc(NC(=O)c3ccc(Cl)c(S(=O)(=O)N(C)C)c3)cc2)CCC(=O)NC1=O. The Morgan fingerprint density at radius 3 is 2.38 bits per heavy atom. The predicted molar refractivity (Wildman–Crippen MR) is 121 cm³/mol. The number of rotatable bonds is 6. The number of carbonyl (C=O) groups excluding carboxylic acids is 3. The molecule has 2 aromatic carbocycles. The van der Waals surface area contributed by atoms with E-state index in [-0.39, 0.29) is 33.7 Å². The van der Waals surface area contributed by atoms with Crippen LogP contribution in [0.1, 0.15) is 42.1 Å². The molecule has 170 valence electrons. The van der Waals surface area contributed by atoms with E-state index in [0.29, 0.717) is 18.5 Å². The van der Waals surface area contributed by atoms with Gasteiger partial charge in [0.1, 0.15) is 4.90 Å². The molecule has 3 amide bonds. The normalized spacial score (nSPS) is 19.0. The van der Waals surface area contributed by atoms with E-state index in [1.165, 1.54) is 32.3 Å². The van der Waals surface area contributed by atoms with E-state index >= 15 is 0 Å². The van der Waals surface area contributed by atoms with Gasteiger partial charge in [0.05, 0.1) is 10.4 Å². The molecule has 0 saturated carbocycles. The fourth-order valence-electron chi connectivity index (χ4n) is 3.68. The monoisotopic (exact) mass is 477 g/mol. The summed E-state index contributed by atoms with van der Waals surface area (Å²) >= 11 is 6.04. The van der Waals surface area contributed by atoms with Crippen LogP contribution in [0.5, 0.6) is 0 Å². The van der Waals surface area contributed by atoms with Crippen molar-refractivity contribution >= 4 is 45.0 Å². The Hall–Kier alpha value is -2.75. The first-order valence-electron chi connectivity index (χ1n) is 9.99. The summed E-state index contributed by atoms with van der Waals surface area (Å²) in [6, 6.07) is 10.9. The highest BCUT2D eigenvalue weighted by atomic mass is 35.5. The molecule has 0 aliphatic carbocycles. The van der Waals surface area contributed by atoms with Gasteiger partial charge in [-0.1, -0.05) is 30.7 Å². The zero-order chi connectivity index (χ0) is 23.7. The second-order valence-corrected chi connectivity index (χ2v) is 10.3. The minimum absolute atomic E-state index is 0.0220. The second kappa shape index (κ2) is 9.01. The number of nitrogens with one attached hydrogen (secondary N) is 2. The Balaban J connectivity index is 1.83. The number of nitrogens with zero attached hydrogens (tertiary/aromatic N) is 1. The molecule has 1 unspecified atom stereocenters. The maximum atomic E-state index is 12.7. The van der Waals surface area contributed by atoms with Gasteiger partial charge in [-0.25, -0.2) is 12.7 Å². The van der Waals surface area contributed by atoms with Gasteiger partial charge < -0.3 is 5.32 Å². The van der Waals surface area contributed by atoms with Gasteiger partial charge in [-0.3, -0.25) is 19.7 Å². The third kappa shape index (κ3) is 4.41. The van der Waals surface area contributed by atoms with E-state index in [4.69, 9.17) is 11.6 Å². The molecule has 2 aromatic rings. The lowest BCUT2D eigenvalue weighted by Gasteiger charge is -2.35. The summed E-state index contributed by atoms with van der Waals surface area (Å²) in [5.41, 5.74) is 0.578. The number of carbonyl (C=O) groups is 3. The van der Waals surface area contributed by atoms with Crippen LogP contribution >= 0.6 is 11.6 Å². The largest absolute Gasteiger partial charge is 0.322 e. The number of hydrogen-bond donors (Lipinski definition) is 2. The van der Waals surface area contributed by atoms with Gasteiger partial charge in [-0.2, -0.15) is 0 Å². The second-order valence-electron chi connectivity index (χ2n) is 7.78. The molecule has 1 atom stereocenters. The summed E-state index contributed by atoms with van der Waals surface area (Å²) < 4.78 is 25.9. The van der Waals surface area contributed by atoms with Crippen molar-refractivity contribution in [3.8, 4) is 0 Å². The zero-order valence-electron chi connectivity index (χ0n) is 17.9. The lowest BCUT2D eigenvalue weighted by Crippen LogP contribution is -2.51. The maximum absolute atomic E-state index is 12.7. The Bertz CT molecular complexity index is 1180. The fourth-order valence-corrected chi connectivity index (χ4v) is 5.07. The van der Waals surface area contributed by atoms with Crippen LogP contribution < -0.4 is 10.6 Å². The summed E-state index contributed by atoms with van der Waals surface area (Å²) in [6.45, 7) is 1.89. The topological polar surface area (TPSA) is 113 Å².